The highest BCUT2D eigenvalue weighted by Gasteiger charge is 2.17. The van der Waals surface area contributed by atoms with E-state index in [1.54, 1.807) is 6.07 Å². The number of aromatic nitrogens is 2. The number of nitrogens with zero attached hydrogens (tertiary/aromatic N) is 2. The van der Waals surface area contributed by atoms with E-state index in [2.05, 4.69) is 4.98 Å². The zero-order valence-electron chi connectivity index (χ0n) is 12.9. The SMILES string of the molecule is Cc1ccc(F)cc1-c1nc2c(C)cccc2nc1C(C)N. The van der Waals surface area contributed by atoms with Gasteiger partial charge in [-0.1, -0.05) is 18.2 Å². The van der Waals surface area contributed by atoms with Crippen LogP contribution in [0.1, 0.15) is 29.8 Å². The quantitative estimate of drug-likeness (QED) is 0.775. The first-order valence-electron chi connectivity index (χ1n) is 7.26. The monoisotopic (exact) mass is 295 g/mol. The molecule has 0 fully saturated rings. The molecule has 112 valence electrons. The molecule has 3 rings (SSSR count). The van der Waals surface area contributed by atoms with Crippen LogP contribution in [0, 0.1) is 19.7 Å². The van der Waals surface area contributed by atoms with Gasteiger partial charge in [0, 0.05) is 11.6 Å². The van der Waals surface area contributed by atoms with Crippen LogP contribution in [0.3, 0.4) is 0 Å². The molecule has 3 nitrogen and oxygen atoms in total. The number of fused-ring (bicyclic) bond motifs is 1. The predicted octanol–water partition coefficient (Wildman–Crippen LogP) is 4.07. The van der Waals surface area contributed by atoms with Crippen LogP contribution in [0.5, 0.6) is 0 Å². The molecule has 0 spiro atoms. The van der Waals surface area contributed by atoms with Gasteiger partial charge in [-0.15, -0.1) is 0 Å². The van der Waals surface area contributed by atoms with Crippen molar-refractivity contribution in [1.82, 2.24) is 9.97 Å². The molecule has 2 N–H and O–H groups in total. The number of halogens is 1. The second kappa shape index (κ2) is 5.46. The van der Waals surface area contributed by atoms with E-state index in [9.17, 15) is 4.39 Å². The fourth-order valence-electron chi connectivity index (χ4n) is 2.60. The molecule has 0 aliphatic carbocycles. The Kier molecular flexibility index (Phi) is 3.62. The van der Waals surface area contributed by atoms with Gasteiger partial charge in [0.2, 0.25) is 0 Å². The molecule has 4 heteroatoms. The number of hydrogen-bond donors (Lipinski definition) is 1. The first kappa shape index (κ1) is 14.6. The third-order valence-electron chi connectivity index (χ3n) is 3.81. The maximum absolute atomic E-state index is 13.7. The van der Waals surface area contributed by atoms with Crippen LogP contribution in [0.25, 0.3) is 22.3 Å². The van der Waals surface area contributed by atoms with Gasteiger partial charge in [0.05, 0.1) is 22.4 Å². The Bertz CT molecular complexity index is 856. The summed E-state index contributed by atoms with van der Waals surface area (Å²) in [5, 5.41) is 0. The Balaban J connectivity index is 2.38. The highest BCUT2D eigenvalue weighted by molar-refractivity contribution is 5.82. The van der Waals surface area contributed by atoms with Crippen molar-refractivity contribution in [3.8, 4) is 11.3 Å². The van der Waals surface area contributed by atoms with E-state index in [-0.39, 0.29) is 11.9 Å². The van der Waals surface area contributed by atoms with Crippen LogP contribution in [-0.2, 0) is 0 Å². The lowest BCUT2D eigenvalue weighted by atomic mass is 10.0. The van der Waals surface area contributed by atoms with Crippen molar-refractivity contribution in [2.24, 2.45) is 5.73 Å². The molecule has 1 heterocycles. The van der Waals surface area contributed by atoms with Crippen molar-refractivity contribution in [3.63, 3.8) is 0 Å². The van der Waals surface area contributed by atoms with Crippen LogP contribution >= 0.6 is 0 Å². The molecule has 0 aliphatic rings. The average Bonchev–Trinajstić information content (AvgIpc) is 2.49. The maximum Gasteiger partial charge on any atom is 0.123 e. The molecule has 0 saturated carbocycles. The summed E-state index contributed by atoms with van der Waals surface area (Å²) in [5.41, 5.74) is 11.8. The first-order chi connectivity index (χ1) is 10.5. The normalized spacial score (nSPS) is 12.6. The molecule has 0 bridgehead atoms. The fourth-order valence-corrected chi connectivity index (χ4v) is 2.60. The molecule has 1 atom stereocenters. The molecule has 0 aliphatic heterocycles. The number of nitrogens with two attached hydrogens (primary N) is 1. The van der Waals surface area contributed by atoms with Crippen LogP contribution in [0.4, 0.5) is 4.39 Å². The largest absolute Gasteiger partial charge is 0.323 e. The Morgan fingerprint density at radius 3 is 2.55 bits per heavy atom. The zero-order chi connectivity index (χ0) is 15.9. The van der Waals surface area contributed by atoms with Gasteiger partial charge in [0.1, 0.15) is 5.82 Å². The minimum atomic E-state index is -0.289. The van der Waals surface area contributed by atoms with Gasteiger partial charge in [-0.05, 0) is 50.1 Å². The molecule has 22 heavy (non-hydrogen) atoms. The summed E-state index contributed by atoms with van der Waals surface area (Å²) in [7, 11) is 0. The lowest BCUT2D eigenvalue weighted by Gasteiger charge is -2.15. The van der Waals surface area contributed by atoms with E-state index in [0.29, 0.717) is 11.4 Å². The second-order valence-corrected chi connectivity index (χ2v) is 5.65. The summed E-state index contributed by atoms with van der Waals surface area (Å²) >= 11 is 0. The van der Waals surface area contributed by atoms with Gasteiger partial charge in [-0.25, -0.2) is 14.4 Å². The molecular formula is C18H18FN3. The summed E-state index contributed by atoms with van der Waals surface area (Å²) in [5.74, 6) is -0.289. The summed E-state index contributed by atoms with van der Waals surface area (Å²) in [4.78, 5) is 9.43. The lowest BCUT2D eigenvalue weighted by Crippen LogP contribution is -2.11. The molecule has 3 aromatic rings. The molecule has 0 amide bonds. The highest BCUT2D eigenvalue weighted by atomic mass is 19.1. The standard InChI is InChI=1S/C18H18FN3/c1-10-7-8-13(19)9-14(10)18-17(12(3)20)21-15-6-4-5-11(2)16(15)22-18/h4-9,12H,20H2,1-3H3. The van der Waals surface area contributed by atoms with Crippen molar-refractivity contribution < 1.29 is 4.39 Å². The number of benzene rings is 2. The number of hydrogen-bond acceptors (Lipinski definition) is 3. The van der Waals surface area contributed by atoms with Crippen molar-refractivity contribution in [2.45, 2.75) is 26.8 Å². The van der Waals surface area contributed by atoms with Gasteiger partial charge < -0.3 is 5.73 Å². The van der Waals surface area contributed by atoms with Gasteiger partial charge >= 0.3 is 0 Å². The number of rotatable bonds is 2. The minimum absolute atomic E-state index is 0.282. The predicted molar refractivity (Wildman–Crippen MR) is 87.0 cm³/mol. The minimum Gasteiger partial charge on any atom is -0.323 e. The highest BCUT2D eigenvalue weighted by Crippen LogP contribution is 2.30. The summed E-state index contributed by atoms with van der Waals surface area (Å²) in [6.07, 6.45) is 0. The summed E-state index contributed by atoms with van der Waals surface area (Å²) in [6, 6.07) is 10.3. The second-order valence-electron chi connectivity index (χ2n) is 5.65. The van der Waals surface area contributed by atoms with Gasteiger partial charge in [0.25, 0.3) is 0 Å². The third-order valence-corrected chi connectivity index (χ3v) is 3.81. The van der Waals surface area contributed by atoms with Crippen LogP contribution in [-0.4, -0.2) is 9.97 Å². The molecule has 0 saturated heterocycles. The van der Waals surface area contributed by atoms with Crippen LogP contribution < -0.4 is 5.73 Å². The third kappa shape index (κ3) is 2.46. The number of aryl methyl sites for hydroxylation is 2. The summed E-state index contributed by atoms with van der Waals surface area (Å²) < 4.78 is 13.7. The van der Waals surface area contributed by atoms with Gasteiger partial charge in [-0.2, -0.15) is 0 Å². The fraction of sp³-hybridized carbons (Fsp3) is 0.222. The van der Waals surface area contributed by atoms with E-state index in [1.165, 1.54) is 12.1 Å². The van der Waals surface area contributed by atoms with Crippen LogP contribution in [0.2, 0.25) is 0 Å². The van der Waals surface area contributed by atoms with Crippen molar-refractivity contribution in [1.29, 1.82) is 0 Å². The number of para-hydroxylation sites is 1. The summed E-state index contributed by atoms with van der Waals surface area (Å²) in [6.45, 7) is 5.79. The Morgan fingerprint density at radius 2 is 1.82 bits per heavy atom. The molecule has 1 aromatic heterocycles. The molecular weight excluding hydrogens is 277 g/mol. The molecule has 0 radical (unpaired) electrons. The molecule has 2 aromatic carbocycles. The van der Waals surface area contributed by atoms with Gasteiger partial charge in [-0.3, -0.25) is 0 Å². The van der Waals surface area contributed by atoms with E-state index in [1.807, 2.05) is 39.0 Å². The topological polar surface area (TPSA) is 51.8 Å². The zero-order valence-corrected chi connectivity index (χ0v) is 12.9. The average molecular weight is 295 g/mol. The Morgan fingerprint density at radius 1 is 1.05 bits per heavy atom. The lowest BCUT2D eigenvalue weighted by molar-refractivity contribution is 0.627. The van der Waals surface area contributed by atoms with Crippen molar-refractivity contribution >= 4 is 11.0 Å². The van der Waals surface area contributed by atoms with Crippen LogP contribution in [0.15, 0.2) is 36.4 Å². The smallest absolute Gasteiger partial charge is 0.123 e. The molecule has 1 unspecified atom stereocenters. The van der Waals surface area contributed by atoms with E-state index in [4.69, 9.17) is 10.7 Å². The van der Waals surface area contributed by atoms with Crippen molar-refractivity contribution in [2.75, 3.05) is 0 Å². The van der Waals surface area contributed by atoms with Gasteiger partial charge in [0.15, 0.2) is 0 Å². The van der Waals surface area contributed by atoms with E-state index >= 15 is 0 Å². The Labute approximate surface area is 129 Å². The van der Waals surface area contributed by atoms with Crippen molar-refractivity contribution in [3.05, 3.63) is 59.0 Å². The first-order valence-corrected chi connectivity index (χ1v) is 7.26. The Hall–Kier alpha value is -2.33. The van der Waals surface area contributed by atoms with E-state index in [0.717, 1.165) is 27.7 Å². The van der Waals surface area contributed by atoms with E-state index < -0.39 is 0 Å². The maximum atomic E-state index is 13.7.